The van der Waals surface area contributed by atoms with Crippen molar-refractivity contribution in [1.29, 1.82) is 0 Å². The van der Waals surface area contributed by atoms with Crippen molar-refractivity contribution in [2.24, 2.45) is 5.10 Å². The van der Waals surface area contributed by atoms with Gasteiger partial charge < -0.3 is 10.2 Å². The summed E-state index contributed by atoms with van der Waals surface area (Å²) in [5, 5.41) is 9.01. The lowest BCUT2D eigenvalue weighted by molar-refractivity contribution is -0.117. The first-order valence-corrected chi connectivity index (χ1v) is 9.70. The standard InChI is InChI=1S/C22H17FN6O2/c23-15-8-9-18(25-12-15)26-19(30)13-28-20-11-17(14-5-2-1-3-6-14)27-29(20)21-16(22(28)31)7-4-10-24-21/h1-10,12,20H,11,13H2,(H,25,26,30). The van der Waals surface area contributed by atoms with E-state index in [2.05, 4.69) is 15.3 Å². The number of hydrogen-bond donors (Lipinski definition) is 1. The number of carbonyl (C=O) groups is 2. The van der Waals surface area contributed by atoms with E-state index in [4.69, 9.17) is 5.10 Å². The molecule has 2 aromatic heterocycles. The van der Waals surface area contributed by atoms with E-state index in [1.54, 1.807) is 23.3 Å². The van der Waals surface area contributed by atoms with Crippen LogP contribution in [0.2, 0.25) is 0 Å². The van der Waals surface area contributed by atoms with Crippen molar-refractivity contribution in [2.75, 3.05) is 16.9 Å². The predicted molar refractivity (Wildman–Crippen MR) is 112 cm³/mol. The van der Waals surface area contributed by atoms with Crippen molar-refractivity contribution < 1.29 is 14.0 Å². The highest BCUT2D eigenvalue weighted by Crippen LogP contribution is 2.35. The summed E-state index contributed by atoms with van der Waals surface area (Å²) in [5.74, 6) is -0.549. The second-order valence-corrected chi connectivity index (χ2v) is 7.16. The molecule has 4 heterocycles. The summed E-state index contributed by atoms with van der Waals surface area (Å²) >= 11 is 0. The van der Waals surface area contributed by atoms with Gasteiger partial charge in [-0.2, -0.15) is 5.10 Å². The maximum atomic E-state index is 13.2. The van der Waals surface area contributed by atoms with E-state index in [1.807, 2.05) is 30.3 Å². The molecule has 0 saturated heterocycles. The van der Waals surface area contributed by atoms with Crippen LogP contribution in [0, 0.1) is 5.82 Å². The largest absolute Gasteiger partial charge is 0.309 e. The van der Waals surface area contributed by atoms with Gasteiger partial charge in [0.15, 0.2) is 5.82 Å². The minimum Gasteiger partial charge on any atom is -0.309 e. The van der Waals surface area contributed by atoms with Gasteiger partial charge >= 0.3 is 0 Å². The summed E-state index contributed by atoms with van der Waals surface area (Å²) < 4.78 is 13.1. The number of amides is 2. The number of pyridine rings is 2. The van der Waals surface area contributed by atoms with Crippen molar-refractivity contribution in [2.45, 2.75) is 12.6 Å². The molecule has 31 heavy (non-hydrogen) atoms. The minimum absolute atomic E-state index is 0.203. The second-order valence-electron chi connectivity index (χ2n) is 7.16. The van der Waals surface area contributed by atoms with Gasteiger partial charge in [-0.1, -0.05) is 30.3 Å². The van der Waals surface area contributed by atoms with Crippen molar-refractivity contribution in [3.63, 3.8) is 0 Å². The molecule has 0 saturated carbocycles. The van der Waals surface area contributed by atoms with E-state index in [0.717, 1.165) is 17.5 Å². The Labute approximate surface area is 177 Å². The van der Waals surface area contributed by atoms with E-state index < -0.39 is 17.9 Å². The molecule has 0 aliphatic carbocycles. The van der Waals surface area contributed by atoms with E-state index in [1.165, 1.54) is 17.0 Å². The first kappa shape index (κ1) is 18.9. The fraction of sp³-hybridized carbons (Fsp3) is 0.136. The van der Waals surface area contributed by atoms with Gasteiger partial charge in [-0.05, 0) is 29.8 Å². The molecule has 8 nitrogen and oxygen atoms in total. The predicted octanol–water partition coefficient (Wildman–Crippen LogP) is 2.65. The van der Waals surface area contributed by atoms with Crippen molar-refractivity contribution in [1.82, 2.24) is 14.9 Å². The van der Waals surface area contributed by atoms with Crippen molar-refractivity contribution >= 4 is 29.2 Å². The monoisotopic (exact) mass is 416 g/mol. The second kappa shape index (κ2) is 7.60. The number of benzene rings is 1. The number of rotatable bonds is 4. The molecule has 0 fully saturated rings. The van der Waals surface area contributed by atoms with Crippen LogP contribution in [0.3, 0.4) is 0 Å². The molecule has 9 heteroatoms. The highest BCUT2D eigenvalue weighted by atomic mass is 19.1. The summed E-state index contributed by atoms with van der Waals surface area (Å²) in [7, 11) is 0. The Morgan fingerprint density at radius 1 is 1.10 bits per heavy atom. The van der Waals surface area contributed by atoms with E-state index in [9.17, 15) is 14.0 Å². The summed E-state index contributed by atoms with van der Waals surface area (Å²) in [5.41, 5.74) is 2.13. The number of aromatic nitrogens is 2. The summed E-state index contributed by atoms with van der Waals surface area (Å²) in [4.78, 5) is 35.5. The van der Waals surface area contributed by atoms with Gasteiger partial charge in [0.25, 0.3) is 5.91 Å². The van der Waals surface area contributed by atoms with Gasteiger partial charge in [-0.3, -0.25) is 9.59 Å². The van der Waals surface area contributed by atoms with Crippen LogP contribution in [-0.2, 0) is 4.79 Å². The summed E-state index contributed by atoms with van der Waals surface area (Å²) in [6, 6.07) is 15.6. The first-order chi connectivity index (χ1) is 15.1. The van der Waals surface area contributed by atoms with Crippen molar-refractivity contribution in [3.8, 4) is 0 Å². The highest BCUT2D eigenvalue weighted by Gasteiger charge is 2.43. The molecule has 1 N–H and O–H groups in total. The highest BCUT2D eigenvalue weighted by molar-refractivity contribution is 6.08. The number of nitrogens with one attached hydrogen (secondary N) is 1. The smallest absolute Gasteiger partial charge is 0.259 e. The Bertz CT molecular complexity index is 1180. The van der Waals surface area contributed by atoms with Crippen LogP contribution < -0.4 is 10.3 Å². The molecule has 154 valence electrons. The Balaban J connectivity index is 1.43. The molecule has 5 rings (SSSR count). The van der Waals surface area contributed by atoms with Crippen LogP contribution in [0.4, 0.5) is 16.0 Å². The van der Waals surface area contributed by atoms with Crippen LogP contribution in [-0.4, -0.2) is 45.1 Å². The zero-order valence-corrected chi connectivity index (χ0v) is 16.3. The Morgan fingerprint density at radius 2 is 1.94 bits per heavy atom. The molecule has 2 amide bonds. The van der Waals surface area contributed by atoms with Crippen LogP contribution in [0.15, 0.2) is 72.1 Å². The number of anilines is 2. The molecular weight excluding hydrogens is 399 g/mol. The van der Waals surface area contributed by atoms with Crippen LogP contribution >= 0.6 is 0 Å². The topological polar surface area (TPSA) is 90.8 Å². The van der Waals surface area contributed by atoms with Gasteiger partial charge in [-0.15, -0.1) is 0 Å². The molecule has 0 bridgehead atoms. The molecule has 1 unspecified atom stereocenters. The number of carbonyl (C=O) groups excluding carboxylic acids is 2. The molecular formula is C22H17FN6O2. The Hall–Kier alpha value is -4.14. The van der Waals surface area contributed by atoms with Gasteiger partial charge in [-0.25, -0.2) is 19.4 Å². The average molecular weight is 416 g/mol. The molecule has 1 atom stereocenters. The van der Waals surface area contributed by atoms with Crippen LogP contribution in [0.5, 0.6) is 0 Å². The zero-order valence-electron chi connectivity index (χ0n) is 16.3. The van der Waals surface area contributed by atoms with Gasteiger partial charge in [0.05, 0.1) is 17.5 Å². The molecule has 3 aromatic rings. The molecule has 1 aromatic carbocycles. The van der Waals surface area contributed by atoms with Crippen LogP contribution in [0.1, 0.15) is 22.3 Å². The lowest BCUT2D eigenvalue weighted by Gasteiger charge is -2.38. The maximum absolute atomic E-state index is 13.2. The first-order valence-electron chi connectivity index (χ1n) is 9.70. The lowest BCUT2D eigenvalue weighted by Crippen LogP contribution is -2.54. The number of hydrazone groups is 1. The van der Waals surface area contributed by atoms with Crippen molar-refractivity contribution in [3.05, 3.63) is 83.9 Å². The number of fused-ring (bicyclic) bond motifs is 3. The SMILES string of the molecule is O=C(CN1C(=O)c2cccnc2N2N=C(c3ccccc3)CC12)Nc1ccc(F)cn1. The van der Waals surface area contributed by atoms with E-state index in [0.29, 0.717) is 17.8 Å². The molecule has 2 aliphatic rings. The third kappa shape index (κ3) is 3.50. The number of halogens is 1. The maximum Gasteiger partial charge on any atom is 0.259 e. The minimum atomic E-state index is -0.500. The number of nitrogens with zero attached hydrogens (tertiary/aromatic N) is 5. The Kier molecular flexibility index (Phi) is 4.62. The average Bonchev–Trinajstić information content (AvgIpc) is 3.24. The third-order valence-corrected chi connectivity index (χ3v) is 5.16. The quantitative estimate of drug-likeness (QED) is 0.706. The molecule has 2 aliphatic heterocycles. The van der Waals surface area contributed by atoms with E-state index >= 15 is 0 Å². The van der Waals surface area contributed by atoms with Crippen LogP contribution in [0.25, 0.3) is 0 Å². The van der Waals surface area contributed by atoms with E-state index in [-0.39, 0.29) is 18.3 Å². The van der Waals surface area contributed by atoms with Gasteiger partial charge in [0, 0.05) is 12.6 Å². The Morgan fingerprint density at radius 3 is 2.71 bits per heavy atom. The van der Waals surface area contributed by atoms with Gasteiger partial charge in [0.2, 0.25) is 5.91 Å². The zero-order chi connectivity index (χ0) is 21.4. The fourth-order valence-corrected chi connectivity index (χ4v) is 3.73. The third-order valence-electron chi connectivity index (χ3n) is 5.16. The van der Waals surface area contributed by atoms with Gasteiger partial charge in [0.1, 0.15) is 24.3 Å². The normalized spacial score (nSPS) is 17.1. The lowest BCUT2D eigenvalue weighted by atomic mass is 10.0. The number of hydrogen-bond acceptors (Lipinski definition) is 6. The molecule has 0 radical (unpaired) electrons. The fourth-order valence-electron chi connectivity index (χ4n) is 3.73. The summed E-state index contributed by atoms with van der Waals surface area (Å²) in [6.45, 7) is -0.203. The summed E-state index contributed by atoms with van der Waals surface area (Å²) in [6.07, 6.45) is 2.61. The molecule has 0 spiro atoms.